The first-order chi connectivity index (χ1) is 12.7. The normalized spacial score (nSPS) is 10.5. The molecule has 1 amide bonds. The third-order valence-electron chi connectivity index (χ3n) is 3.82. The minimum absolute atomic E-state index is 0.0849. The van der Waals surface area contributed by atoms with E-state index < -0.39 is 0 Å². The van der Waals surface area contributed by atoms with Gasteiger partial charge < -0.3 is 14.6 Å². The summed E-state index contributed by atoms with van der Waals surface area (Å²) in [6.07, 6.45) is 1.02. The number of carbonyl (C=O) groups is 1. The van der Waals surface area contributed by atoms with E-state index in [1.807, 2.05) is 42.5 Å². The average Bonchev–Trinajstić information content (AvgIpc) is 3.14. The largest absolute Gasteiger partial charge is 0.497 e. The fourth-order valence-corrected chi connectivity index (χ4v) is 2.61. The van der Waals surface area contributed by atoms with E-state index in [9.17, 15) is 4.79 Å². The highest BCUT2D eigenvalue weighted by Crippen LogP contribution is 2.24. The number of aromatic nitrogens is 2. The maximum Gasteiger partial charge on any atom is 0.246 e. The van der Waals surface area contributed by atoms with Crippen LogP contribution in [-0.4, -0.2) is 23.2 Å². The molecule has 7 heteroatoms. The van der Waals surface area contributed by atoms with E-state index >= 15 is 0 Å². The number of hydrogen-bond donors (Lipinski definition) is 1. The summed E-state index contributed by atoms with van der Waals surface area (Å²) in [6, 6.07) is 14.9. The van der Waals surface area contributed by atoms with Crippen molar-refractivity contribution in [2.75, 3.05) is 7.11 Å². The van der Waals surface area contributed by atoms with Crippen LogP contribution in [0.5, 0.6) is 5.75 Å². The van der Waals surface area contributed by atoms with Crippen LogP contribution in [-0.2, 0) is 17.8 Å². The van der Waals surface area contributed by atoms with Gasteiger partial charge in [0.15, 0.2) is 0 Å². The highest BCUT2D eigenvalue weighted by Gasteiger charge is 2.12. The Hall–Kier alpha value is -2.86. The molecular formula is C19H18ClN3O3. The molecule has 0 unspecified atom stereocenters. The molecule has 0 aliphatic heterocycles. The third-order valence-corrected chi connectivity index (χ3v) is 4.15. The first-order valence-corrected chi connectivity index (χ1v) is 8.50. The maximum atomic E-state index is 12.0. The van der Waals surface area contributed by atoms with Crippen molar-refractivity contribution in [3.8, 4) is 17.1 Å². The number of hydrogen-bond acceptors (Lipinski definition) is 5. The van der Waals surface area contributed by atoms with Crippen molar-refractivity contribution in [2.45, 2.75) is 19.4 Å². The molecule has 1 heterocycles. The van der Waals surface area contributed by atoms with E-state index in [0.717, 1.165) is 11.3 Å². The van der Waals surface area contributed by atoms with Gasteiger partial charge in [0, 0.05) is 12.0 Å². The minimum atomic E-state index is -0.0849. The van der Waals surface area contributed by atoms with Crippen molar-refractivity contribution in [3.05, 3.63) is 65.0 Å². The second-order valence-electron chi connectivity index (χ2n) is 5.62. The van der Waals surface area contributed by atoms with Gasteiger partial charge in [-0.25, -0.2) is 0 Å². The zero-order valence-corrected chi connectivity index (χ0v) is 15.0. The molecule has 0 spiro atoms. The van der Waals surface area contributed by atoms with Gasteiger partial charge in [-0.1, -0.05) is 41.0 Å². The van der Waals surface area contributed by atoms with Crippen LogP contribution in [0.15, 0.2) is 53.1 Å². The fourth-order valence-electron chi connectivity index (χ4n) is 2.39. The van der Waals surface area contributed by atoms with Crippen LogP contribution in [0.4, 0.5) is 0 Å². The topological polar surface area (TPSA) is 77.2 Å². The Kier molecular flexibility index (Phi) is 5.86. The van der Waals surface area contributed by atoms with Gasteiger partial charge >= 0.3 is 0 Å². The number of methoxy groups -OCH3 is 1. The molecule has 134 valence electrons. The average molecular weight is 372 g/mol. The summed E-state index contributed by atoms with van der Waals surface area (Å²) in [5.41, 5.74) is 1.76. The Bertz CT molecular complexity index is 878. The van der Waals surface area contributed by atoms with Crippen molar-refractivity contribution in [1.82, 2.24) is 15.5 Å². The number of benzene rings is 2. The van der Waals surface area contributed by atoms with E-state index in [1.165, 1.54) is 0 Å². The second kappa shape index (κ2) is 8.49. The van der Waals surface area contributed by atoms with Crippen LogP contribution >= 0.6 is 11.6 Å². The first-order valence-electron chi connectivity index (χ1n) is 8.13. The predicted octanol–water partition coefficient (Wildman–Crippen LogP) is 3.65. The lowest BCUT2D eigenvalue weighted by Gasteiger charge is -2.04. The monoisotopic (exact) mass is 371 g/mol. The zero-order valence-electron chi connectivity index (χ0n) is 14.2. The Labute approximate surface area is 156 Å². The smallest absolute Gasteiger partial charge is 0.246 e. The van der Waals surface area contributed by atoms with Gasteiger partial charge in [0.25, 0.3) is 0 Å². The van der Waals surface area contributed by atoms with E-state index in [-0.39, 0.29) is 12.5 Å². The first kappa shape index (κ1) is 17.9. The summed E-state index contributed by atoms with van der Waals surface area (Å²) in [4.78, 5) is 16.3. The number of nitrogens with one attached hydrogen (secondary N) is 1. The molecule has 0 bridgehead atoms. The molecule has 3 aromatic rings. The maximum absolute atomic E-state index is 12.0. The number of nitrogens with zero attached hydrogens (tertiary/aromatic N) is 2. The number of halogens is 1. The summed E-state index contributed by atoms with van der Waals surface area (Å²) in [5, 5.41) is 7.22. The van der Waals surface area contributed by atoms with Crippen LogP contribution in [0.2, 0.25) is 5.02 Å². The molecule has 2 aromatic carbocycles. The van der Waals surface area contributed by atoms with Gasteiger partial charge in [0.1, 0.15) is 5.75 Å². The molecule has 1 N–H and O–H groups in total. The molecule has 0 aliphatic rings. The van der Waals surface area contributed by atoms with E-state index in [2.05, 4.69) is 15.5 Å². The zero-order chi connectivity index (χ0) is 18.4. The van der Waals surface area contributed by atoms with Gasteiger partial charge in [-0.15, -0.1) is 0 Å². The van der Waals surface area contributed by atoms with Crippen molar-refractivity contribution >= 4 is 17.5 Å². The van der Waals surface area contributed by atoms with E-state index in [1.54, 1.807) is 13.2 Å². The highest BCUT2D eigenvalue weighted by molar-refractivity contribution is 6.33. The molecule has 26 heavy (non-hydrogen) atoms. The van der Waals surface area contributed by atoms with Gasteiger partial charge in [-0.2, -0.15) is 4.98 Å². The van der Waals surface area contributed by atoms with Gasteiger partial charge in [-0.3, -0.25) is 4.79 Å². The quantitative estimate of drug-likeness (QED) is 0.686. The van der Waals surface area contributed by atoms with Gasteiger partial charge in [0.05, 0.1) is 18.7 Å². The second-order valence-corrected chi connectivity index (χ2v) is 6.02. The van der Waals surface area contributed by atoms with Crippen LogP contribution in [0.1, 0.15) is 17.9 Å². The summed E-state index contributed by atoms with van der Waals surface area (Å²) in [6.45, 7) is 0.179. The molecule has 0 radical (unpaired) electrons. The standard InChI is InChI=1S/C19H18ClN3O3/c1-25-14-9-6-13(7-10-14)8-11-17(24)21-12-18-22-19(23-26-18)15-4-2-3-5-16(15)20/h2-7,9-10H,8,11-12H2,1H3,(H,21,24). The van der Waals surface area contributed by atoms with E-state index in [0.29, 0.717) is 35.1 Å². The summed E-state index contributed by atoms with van der Waals surface area (Å²) < 4.78 is 10.3. The molecule has 0 fully saturated rings. The Morgan fingerprint density at radius 3 is 2.69 bits per heavy atom. The summed E-state index contributed by atoms with van der Waals surface area (Å²) in [7, 11) is 1.62. The highest BCUT2D eigenvalue weighted by atomic mass is 35.5. The summed E-state index contributed by atoms with van der Waals surface area (Å²) in [5.74, 6) is 1.44. The molecular weight excluding hydrogens is 354 g/mol. The molecule has 0 saturated carbocycles. The lowest BCUT2D eigenvalue weighted by Crippen LogP contribution is -2.23. The lowest BCUT2D eigenvalue weighted by atomic mass is 10.1. The van der Waals surface area contributed by atoms with Gasteiger partial charge in [-0.05, 0) is 36.2 Å². The lowest BCUT2D eigenvalue weighted by molar-refractivity contribution is -0.121. The van der Waals surface area contributed by atoms with Crippen LogP contribution < -0.4 is 10.1 Å². The van der Waals surface area contributed by atoms with Crippen LogP contribution in [0, 0.1) is 0 Å². The molecule has 0 saturated heterocycles. The van der Waals surface area contributed by atoms with Crippen molar-refractivity contribution < 1.29 is 14.1 Å². The Balaban J connectivity index is 1.49. The molecule has 6 nitrogen and oxygen atoms in total. The minimum Gasteiger partial charge on any atom is -0.497 e. The summed E-state index contributed by atoms with van der Waals surface area (Å²) >= 11 is 6.11. The Morgan fingerprint density at radius 2 is 1.96 bits per heavy atom. The van der Waals surface area contributed by atoms with Gasteiger partial charge in [0.2, 0.25) is 17.6 Å². The van der Waals surface area contributed by atoms with Crippen molar-refractivity contribution in [3.63, 3.8) is 0 Å². The molecule has 0 aliphatic carbocycles. The number of ether oxygens (including phenoxy) is 1. The van der Waals surface area contributed by atoms with Crippen molar-refractivity contribution in [2.24, 2.45) is 0 Å². The fraction of sp³-hybridized carbons (Fsp3) is 0.211. The number of amides is 1. The van der Waals surface area contributed by atoms with Crippen LogP contribution in [0.3, 0.4) is 0 Å². The number of carbonyl (C=O) groups excluding carboxylic acids is 1. The molecule has 0 atom stereocenters. The number of rotatable bonds is 7. The molecule has 3 rings (SSSR count). The Morgan fingerprint density at radius 1 is 1.19 bits per heavy atom. The third kappa shape index (κ3) is 4.61. The molecule has 1 aromatic heterocycles. The number of aryl methyl sites for hydroxylation is 1. The van der Waals surface area contributed by atoms with E-state index in [4.69, 9.17) is 20.9 Å². The van der Waals surface area contributed by atoms with Crippen LogP contribution in [0.25, 0.3) is 11.4 Å². The SMILES string of the molecule is COc1ccc(CCC(=O)NCc2nc(-c3ccccc3Cl)no2)cc1. The van der Waals surface area contributed by atoms with Crippen molar-refractivity contribution in [1.29, 1.82) is 0 Å². The predicted molar refractivity (Wildman–Crippen MR) is 97.9 cm³/mol.